The monoisotopic (exact) mass is 226 g/mol. The summed E-state index contributed by atoms with van der Waals surface area (Å²) in [7, 11) is 0. The molecule has 0 aromatic heterocycles. The van der Waals surface area contributed by atoms with Gasteiger partial charge in [-0.05, 0) is 23.7 Å². The van der Waals surface area contributed by atoms with Gasteiger partial charge < -0.3 is 0 Å². The summed E-state index contributed by atoms with van der Waals surface area (Å²) < 4.78 is 0. The van der Waals surface area contributed by atoms with E-state index in [1.807, 2.05) is 0 Å². The molecule has 0 saturated carbocycles. The van der Waals surface area contributed by atoms with E-state index in [4.69, 9.17) is 0 Å². The minimum absolute atomic E-state index is 0.539. The fraction of sp³-hybridized carbons (Fsp3) is 1.00. The van der Waals surface area contributed by atoms with Crippen LogP contribution < -0.4 is 0 Å². The number of hydrogen-bond acceptors (Lipinski definition) is 0. The Bertz CT molecular complexity index is 157. The van der Waals surface area contributed by atoms with E-state index in [1.165, 1.54) is 44.9 Å². The lowest BCUT2D eigenvalue weighted by atomic mass is 9.73. The Morgan fingerprint density at radius 1 is 0.938 bits per heavy atom. The Kier molecular flexibility index (Phi) is 8.14. The molecule has 98 valence electrons. The number of hydrogen-bond donors (Lipinski definition) is 0. The SMILES string of the molecule is CCCCCC(C)C(C)(C)CCC(C)CC. The minimum atomic E-state index is 0.539. The van der Waals surface area contributed by atoms with Crippen molar-refractivity contribution < 1.29 is 0 Å². The molecule has 0 spiro atoms. The summed E-state index contributed by atoms with van der Waals surface area (Å²) in [6, 6.07) is 0. The zero-order valence-corrected chi connectivity index (χ0v) is 12.6. The molecule has 2 unspecified atom stereocenters. The Morgan fingerprint density at radius 2 is 1.56 bits per heavy atom. The van der Waals surface area contributed by atoms with Crippen molar-refractivity contribution >= 4 is 0 Å². The largest absolute Gasteiger partial charge is 0.0654 e. The summed E-state index contributed by atoms with van der Waals surface area (Å²) in [6.45, 7) is 14.4. The van der Waals surface area contributed by atoms with Gasteiger partial charge in [0.1, 0.15) is 0 Å². The van der Waals surface area contributed by atoms with Crippen LogP contribution in [-0.2, 0) is 0 Å². The van der Waals surface area contributed by atoms with Crippen LogP contribution in [0.25, 0.3) is 0 Å². The van der Waals surface area contributed by atoms with Gasteiger partial charge >= 0.3 is 0 Å². The summed E-state index contributed by atoms with van der Waals surface area (Å²) in [5, 5.41) is 0. The molecule has 0 amide bonds. The van der Waals surface area contributed by atoms with Gasteiger partial charge in [0, 0.05) is 0 Å². The number of rotatable bonds is 9. The summed E-state index contributed by atoms with van der Waals surface area (Å²) in [6.07, 6.45) is 9.73. The summed E-state index contributed by atoms with van der Waals surface area (Å²) in [4.78, 5) is 0. The smallest absolute Gasteiger partial charge is 0.0328 e. The van der Waals surface area contributed by atoms with Gasteiger partial charge in [-0.25, -0.2) is 0 Å². The van der Waals surface area contributed by atoms with Crippen LogP contribution in [0.4, 0.5) is 0 Å². The molecule has 0 aliphatic carbocycles. The maximum Gasteiger partial charge on any atom is -0.0328 e. The zero-order chi connectivity index (χ0) is 12.6. The van der Waals surface area contributed by atoms with E-state index in [0.717, 1.165) is 11.8 Å². The van der Waals surface area contributed by atoms with Crippen LogP contribution >= 0.6 is 0 Å². The van der Waals surface area contributed by atoms with Crippen molar-refractivity contribution in [1.82, 2.24) is 0 Å². The van der Waals surface area contributed by atoms with Gasteiger partial charge in [-0.1, -0.05) is 80.1 Å². The first-order chi connectivity index (χ1) is 7.44. The molecule has 0 heteroatoms. The first-order valence-corrected chi connectivity index (χ1v) is 7.44. The maximum atomic E-state index is 2.46. The molecule has 2 atom stereocenters. The van der Waals surface area contributed by atoms with E-state index in [-0.39, 0.29) is 0 Å². The van der Waals surface area contributed by atoms with Crippen LogP contribution in [0, 0.1) is 17.3 Å². The molecule has 0 aromatic rings. The Morgan fingerprint density at radius 3 is 2.06 bits per heavy atom. The van der Waals surface area contributed by atoms with Crippen LogP contribution in [0.15, 0.2) is 0 Å². The maximum absolute atomic E-state index is 2.46. The van der Waals surface area contributed by atoms with E-state index >= 15 is 0 Å². The molecule has 0 aromatic carbocycles. The normalized spacial score (nSPS) is 16.1. The molecule has 0 radical (unpaired) electrons. The van der Waals surface area contributed by atoms with Crippen LogP contribution in [0.2, 0.25) is 0 Å². The van der Waals surface area contributed by atoms with Crippen molar-refractivity contribution in [1.29, 1.82) is 0 Å². The predicted octanol–water partition coefficient (Wildman–Crippen LogP) is 6.06. The van der Waals surface area contributed by atoms with Crippen molar-refractivity contribution in [3.8, 4) is 0 Å². The third-order valence-electron chi connectivity index (χ3n) is 4.55. The van der Waals surface area contributed by atoms with E-state index < -0.39 is 0 Å². The van der Waals surface area contributed by atoms with Gasteiger partial charge in [0.05, 0.1) is 0 Å². The first kappa shape index (κ1) is 16.0. The van der Waals surface area contributed by atoms with E-state index in [0.29, 0.717) is 5.41 Å². The Labute approximate surface area is 104 Å². The molecule has 0 nitrogen and oxygen atoms in total. The topological polar surface area (TPSA) is 0 Å². The molecule has 0 aliphatic heterocycles. The van der Waals surface area contributed by atoms with Gasteiger partial charge in [-0.2, -0.15) is 0 Å². The molecule has 16 heavy (non-hydrogen) atoms. The lowest BCUT2D eigenvalue weighted by Crippen LogP contribution is -2.22. The highest BCUT2D eigenvalue weighted by molar-refractivity contribution is 4.76. The predicted molar refractivity (Wildman–Crippen MR) is 75.8 cm³/mol. The van der Waals surface area contributed by atoms with Crippen LogP contribution in [0.5, 0.6) is 0 Å². The molecule has 0 aliphatic rings. The third-order valence-corrected chi connectivity index (χ3v) is 4.55. The van der Waals surface area contributed by atoms with Crippen molar-refractivity contribution in [2.24, 2.45) is 17.3 Å². The molecule has 0 saturated heterocycles. The molecule has 0 bridgehead atoms. The number of unbranched alkanes of at least 4 members (excludes halogenated alkanes) is 2. The highest BCUT2D eigenvalue weighted by Gasteiger charge is 2.25. The molecule has 0 heterocycles. The Balaban J connectivity index is 3.89. The quantitative estimate of drug-likeness (QED) is 0.419. The van der Waals surface area contributed by atoms with E-state index in [1.54, 1.807) is 0 Å². The zero-order valence-electron chi connectivity index (χ0n) is 12.6. The fourth-order valence-corrected chi connectivity index (χ4v) is 2.16. The van der Waals surface area contributed by atoms with Crippen molar-refractivity contribution in [3.63, 3.8) is 0 Å². The molecule has 0 rings (SSSR count). The van der Waals surface area contributed by atoms with Gasteiger partial charge in [0.25, 0.3) is 0 Å². The van der Waals surface area contributed by atoms with Crippen molar-refractivity contribution in [2.45, 2.75) is 86.5 Å². The average molecular weight is 226 g/mol. The third kappa shape index (κ3) is 6.55. The minimum Gasteiger partial charge on any atom is -0.0654 e. The average Bonchev–Trinajstić information content (AvgIpc) is 2.26. The van der Waals surface area contributed by atoms with Crippen molar-refractivity contribution in [2.75, 3.05) is 0 Å². The lowest BCUT2D eigenvalue weighted by Gasteiger charge is -2.33. The van der Waals surface area contributed by atoms with Crippen LogP contribution in [0.3, 0.4) is 0 Å². The van der Waals surface area contributed by atoms with Gasteiger partial charge in [-0.3, -0.25) is 0 Å². The van der Waals surface area contributed by atoms with E-state index in [9.17, 15) is 0 Å². The second-order valence-corrected chi connectivity index (χ2v) is 6.44. The second-order valence-electron chi connectivity index (χ2n) is 6.44. The van der Waals surface area contributed by atoms with Crippen LogP contribution in [0.1, 0.15) is 86.5 Å². The molecule has 0 N–H and O–H groups in total. The second kappa shape index (κ2) is 8.14. The van der Waals surface area contributed by atoms with Crippen molar-refractivity contribution in [3.05, 3.63) is 0 Å². The summed E-state index contributed by atoms with van der Waals surface area (Å²) in [5.74, 6) is 1.78. The summed E-state index contributed by atoms with van der Waals surface area (Å²) >= 11 is 0. The van der Waals surface area contributed by atoms with Crippen LogP contribution in [-0.4, -0.2) is 0 Å². The highest BCUT2D eigenvalue weighted by atomic mass is 14.3. The highest BCUT2D eigenvalue weighted by Crippen LogP contribution is 2.36. The summed E-state index contributed by atoms with van der Waals surface area (Å²) in [5.41, 5.74) is 0.539. The van der Waals surface area contributed by atoms with E-state index in [2.05, 4.69) is 41.5 Å². The fourth-order valence-electron chi connectivity index (χ4n) is 2.16. The Hall–Kier alpha value is 0. The van der Waals surface area contributed by atoms with Gasteiger partial charge in [0.15, 0.2) is 0 Å². The van der Waals surface area contributed by atoms with Gasteiger partial charge in [-0.15, -0.1) is 0 Å². The molecular formula is C16H34. The molecular weight excluding hydrogens is 192 g/mol. The van der Waals surface area contributed by atoms with Gasteiger partial charge in [0.2, 0.25) is 0 Å². The molecule has 0 fully saturated rings. The standard InChI is InChI=1S/C16H34/c1-7-9-10-11-15(4)16(5,6)13-12-14(3)8-2/h14-15H,7-13H2,1-6H3. The first-order valence-electron chi connectivity index (χ1n) is 7.44. The lowest BCUT2D eigenvalue weighted by molar-refractivity contribution is 0.181.